The van der Waals surface area contributed by atoms with E-state index in [4.69, 9.17) is 0 Å². The zero-order valence-corrected chi connectivity index (χ0v) is 10.0. The lowest BCUT2D eigenvalue weighted by molar-refractivity contribution is -0.862. The molecule has 3 nitrogen and oxygen atoms in total. The van der Waals surface area contributed by atoms with E-state index < -0.39 is 0 Å². The highest BCUT2D eigenvalue weighted by Gasteiger charge is 2.14. The van der Waals surface area contributed by atoms with Gasteiger partial charge in [-0.1, -0.05) is 0 Å². The molecule has 0 rings (SSSR count). The average Bonchev–Trinajstić information content (AvgIpc) is 1.60. The summed E-state index contributed by atoms with van der Waals surface area (Å²) in [5.74, 6) is 0.174. The highest BCUT2D eigenvalue weighted by atomic mass is 127. The van der Waals surface area contributed by atoms with Crippen LogP contribution < -0.4 is 24.0 Å². The fourth-order valence-corrected chi connectivity index (χ4v) is 0.547. The zero-order valence-electron chi connectivity index (χ0n) is 7.89. The summed E-state index contributed by atoms with van der Waals surface area (Å²) in [6.45, 7) is 0.562. The molecule has 0 atom stereocenters. The topological polar surface area (TPSA) is 20.3 Å². The molecule has 0 radical (unpaired) electrons. The van der Waals surface area contributed by atoms with E-state index in [0.717, 1.165) is 0 Å². The predicted octanol–water partition coefficient (Wildman–Crippen LogP) is -3.22. The van der Waals surface area contributed by atoms with Crippen LogP contribution in [0.15, 0.2) is 0 Å². The van der Waals surface area contributed by atoms with E-state index in [1.165, 1.54) is 0 Å². The number of halogens is 1. The Kier molecular flexibility index (Phi) is 6.14. The summed E-state index contributed by atoms with van der Waals surface area (Å²) in [5, 5.41) is 0. The smallest absolute Gasteiger partial charge is 0.277 e. The molecule has 0 saturated heterocycles. The quantitative estimate of drug-likeness (QED) is 0.383. The molecule has 0 aromatic carbocycles. The number of carbonyl (C=O) groups is 1. The van der Waals surface area contributed by atoms with Crippen molar-refractivity contribution in [1.82, 2.24) is 4.90 Å². The Hall–Kier alpha value is 0.160. The number of carbonyl (C=O) groups excluding carboxylic acids is 1. The second-order valence-corrected chi connectivity index (χ2v) is 3.74. The van der Waals surface area contributed by atoms with E-state index in [0.29, 0.717) is 11.0 Å². The maximum atomic E-state index is 11.1. The minimum Gasteiger partial charge on any atom is -1.00 e. The van der Waals surface area contributed by atoms with Gasteiger partial charge >= 0.3 is 0 Å². The summed E-state index contributed by atoms with van der Waals surface area (Å²) in [6, 6.07) is 0. The Bertz CT molecular complexity index is 129. The monoisotopic (exact) mass is 272 g/mol. The first-order chi connectivity index (χ1) is 4.33. The summed E-state index contributed by atoms with van der Waals surface area (Å²) in [4.78, 5) is 12.7. The highest BCUT2D eigenvalue weighted by molar-refractivity contribution is 5.76. The van der Waals surface area contributed by atoms with Gasteiger partial charge in [-0.2, -0.15) is 0 Å². The molecule has 11 heavy (non-hydrogen) atoms. The lowest BCUT2D eigenvalue weighted by Gasteiger charge is -2.24. The molecule has 1 amide bonds. The van der Waals surface area contributed by atoms with Gasteiger partial charge < -0.3 is 33.4 Å². The minimum atomic E-state index is 0. The average molecular weight is 272 g/mol. The van der Waals surface area contributed by atoms with E-state index in [1.54, 1.807) is 19.0 Å². The molecule has 0 N–H and O–H groups in total. The normalized spacial score (nSPS) is 10.3. The van der Waals surface area contributed by atoms with Crippen molar-refractivity contribution in [3.8, 4) is 0 Å². The first-order valence-electron chi connectivity index (χ1n) is 3.33. The molecule has 0 saturated carbocycles. The van der Waals surface area contributed by atoms with E-state index in [2.05, 4.69) is 0 Å². The number of amides is 1. The SMILES string of the molecule is CN(C)C(=O)C[N+](C)(C)C.[I-]. The number of nitrogens with zero attached hydrogens (tertiary/aromatic N) is 2. The Balaban J connectivity index is 0. The van der Waals surface area contributed by atoms with Crippen LogP contribution in [0.4, 0.5) is 0 Å². The van der Waals surface area contributed by atoms with Crippen LogP contribution in [-0.2, 0) is 4.79 Å². The number of hydrogen-bond donors (Lipinski definition) is 0. The largest absolute Gasteiger partial charge is 1.00 e. The van der Waals surface area contributed by atoms with Crippen LogP contribution in [0.2, 0.25) is 0 Å². The van der Waals surface area contributed by atoms with Crippen LogP contribution >= 0.6 is 0 Å². The van der Waals surface area contributed by atoms with Crippen molar-refractivity contribution >= 4 is 5.91 Å². The standard InChI is InChI=1S/C7H17N2O.HI/c1-8(2)7(10)6-9(3,4)5;/h6H2,1-5H3;1H/q+1;/p-1. The molecule has 0 heterocycles. The van der Waals surface area contributed by atoms with Crippen molar-refractivity contribution in [3.63, 3.8) is 0 Å². The fourth-order valence-electron chi connectivity index (χ4n) is 0.547. The van der Waals surface area contributed by atoms with Crippen molar-refractivity contribution in [2.45, 2.75) is 0 Å². The van der Waals surface area contributed by atoms with Gasteiger partial charge in [0.05, 0.1) is 21.1 Å². The van der Waals surface area contributed by atoms with Crippen LogP contribution in [0.1, 0.15) is 0 Å². The van der Waals surface area contributed by atoms with E-state index in [9.17, 15) is 4.79 Å². The van der Waals surface area contributed by atoms with Gasteiger partial charge in [0, 0.05) is 14.1 Å². The van der Waals surface area contributed by atoms with Gasteiger partial charge in [0.1, 0.15) is 0 Å². The third-order valence-electron chi connectivity index (χ3n) is 1.11. The van der Waals surface area contributed by atoms with Crippen molar-refractivity contribution in [1.29, 1.82) is 0 Å². The highest BCUT2D eigenvalue weighted by Crippen LogP contribution is 1.90. The first-order valence-corrected chi connectivity index (χ1v) is 3.33. The van der Waals surface area contributed by atoms with Gasteiger partial charge in [-0.05, 0) is 0 Å². The number of hydrogen-bond acceptors (Lipinski definition) is 1. The molecular weight excluding hydrogens is 255 g/mol. The van der Waals surface area contributed by atoms with Crippen molar-refractivity contribution < 1.29 is 33.3 Å². The third kappa shape index (κ3) is 8.06. The molecule has 0 aromatic heterocycles. The van der Waals surface area contributed by atoms with Crippen LogP contribution in [0.3, 0.4) is 0 Å². The summed E-state index contributed by atoms with van der Waals surface area (Å²) in [6.07, 6.45) is 0. The van der Waals surface area contributed by atoms with Gasteiger partial charge in [0.15, 0.2) is 6.54 Å². The van der Waals surface area contributed by atoms with Crippen LogP contribution in [-0.4, -0.2) is 57.1 Å². The summed E-state index contributed by atoms with van der Waals surface area (Å²) in [5.41, 5.74) is 0. The first kappa shape index (κ1) is 13.7. The lowest BCUT2D eigenvalue weighted by atomic mass is 10.4. The Morgan fingerprint density at radius 3 is 1.73 bits per heavy atom. The van der Waals surface area contributed by atoms with Crippen molar-refractivity contribution in [2.24, 2.45) is 0 Å². The van der Waals surface area contributed by atoms with Gasteiger partial charge in [-0.3, -0.25) is 4.79 Å². The second-order valence-electron chi connectivity index (χ2n) is 3.74. The molecule has 0 aliphatic rings. The van der Waals surface area contributed by atoms with E-state index in [-0.39, 0.29) is 29.9 Å². The Labute approximate surface area is 86.0 Å². The molecule has 0 spiro atoms. The molecule has 0 aliphatic carbocycles. The van der Waals surface area contributed by atoms with E-state index >= 15 is 0 Å². The number of rotatable bonds is 2. The van der Waals surface area contributed by atoms with Crippen LogP contribution in [0, 0.1) is 0 Å². The Morgan fingerprint density at radius 2 is 1.64 bits per heavy atom. The number of quaternary nitrogens is 1. The molecule has 0 aliphatic heterocycles. The number of likely N-dealkylation sites (N-methyl/N-ethyl adjacent to an activating group) is 2. The molecule has 0 aromatic rings. The van der Waals surface area contributed by atoms with Gasteiger partial charge in [0.2, 0.25) is 0 Å². The van der Waals surface area contributed by atoms with Gasteiger partial charge in [-0.15, -0.1) is 0 Å². The van der Waals surface area contributed by atoms with Crippen molar-refractivity contribution in [2.75, 3.05) is 41.8 Å². The van der Waals surface area contributed by atoms with Crippen LogP contribution in [0.5, 0.6) is 0 Å². The Morgan fingerprint density at radius 1 is 1.27 bits per heavy atom. The van der Waals surface area contributed by atoms with Gasteiger partial charge in [0.25, 0.3) is 5.91 Å². The summed E-state index contributed by atoms with van der Waals surface area (Å²) >= 11 is 0. The predicted molar refractivity (Wildman–Crippen MR) is 41.6 cm³/mol. The molecule has 0 bridgehead atoms. The molecular formula is C7H17IN2O. The maximum absolute atomic E-state index is 11.1. The van der Waals surface area contributed by atoms with Crippen molar-refractivity contribution in [3.05, 3.63) is 0 Å². The molecule has 4 heteroatoms. The van der Waals surface area contributed by atoms with Crippen LogP contribution in [0.25, 0.3) is 0 Å². The van der Waals surface area contributed by atoms with E-state index in [1.807, 2.05) is 21.1 Å². The molecule has 68 valence electrons. The summed E-state index contributed by atoms with van der Waals surface area (Å²) < 4.78 is 0.691. The minimum absolute atomic E-state index is 0. The zero-order chi connectivity index (χ0) is 8.36. The fraction of sp³-hybridized carbons (Fsp3) is 0.857. The second kappa shape index (κ2) is 4.92. The summed E-state index contributed by atoms with van der Waals surface area (Å²) in [7, 11) is 9.56. The maximum Gasteiger partial charge on any atom is 0.277 e. The molecule has 0 fully saturated rings. The molecule has 0 unspecified atom stereocenters. The lowest BCUT2D eigenvalue weighted by Crippen LogP contribution is -3.00. The van der Waals surface area contributed by atoms with Gasteiger partial charge in [-0.25, -0.2) is 0 Å². The third-order valence-corrected chi connectivity index (χ3v) is 1.11.